The summed E-state index contributed by atoms with van der Waals surface area (Å²) in [6.45, 7) is 2.14. The van der Waals surface area contributed by atoms with E-state index in [1.807, 2.05) is 42.5 Å². The highest BCUT2D eigenvalue weighted by atomic mass is 35.5. The summed E-state index contributed by atoms with van der Waals surface area (Å²) in [5, 5.41) is 11.5. The number of nitro groups is 1. The van der Waals surface area contributed by atoms with E-state index in [1.165, 1.54) is 12.1 Å². The van der Waals surface area contributed by atoms with Crippen LogP contribution in [0, 0.1) is 15.9 Å². The fourth-order valence-electron chi connectivity index (χ4n) is 6.37. The monoisotopic (exact) mass is 614 g/mol. The van der Waals surface area contributed by atoms with Gasteiger partial charge in [0.15, 0.2) is 0 Å². The normalized spacial score (nSPS) is 16.9. The second kappa shape index (κ2) is 13.3. The van der Waals surface area contributed by atoms with Gasteiger partial charge in [-0.15, -0.1) is 0 Å². The summed E-state index contributed by atoms with van der Waals surface area (Å²) in [5.41, 5.74) is 7.48. The van der Waals surface area contributed by atoms with Crippen LogP contribution in [-0.2, 0) is 6.42 Å². The number of hydrogen-bond donors (Lipinski definition) is 0. The predicted molar refractivity (Wildman–Crippen MR) is 171 cm³/mol. The molecule has 0 aromatic heterocycles. The second-order valence-electron chi connectivity index (χ2n) is 11.4. The number of non-ortho nitro benzene ring substituents is 1. The molecule has 5 nitrogen and oxygen atoms in total. The molecule has 6 rings (SSSR count). The Hall–Kier alpha value is -4.07. The van der Waals surface area contributed by atoms with Crippen molar-refractivity contribution in [1.82, 2.24) is 4.90 Å². The zero-order valence-corrected chi connectivity index (χ0v) is 25.0. The number of halogens is 3. The fraction of sp³-hybridized carbons (Fsp3) is 0.278. The van der Waals surface area contributed by atoms with Crippen molar-refractivity contribution in [2.75, 3.05) is 26.3 Å². The Morgan fingerprint density at radius 1 is 0.932 bits per heavy atom. The molecule has 1 aliphatic carbocycles. The molecule has 1 heterocycles. The number of likely N-dealkylation sites (tertiary alicyclic amines) is 1. The zero-order valence-electron chi connectivity index (χ0n) is 24.3. The zero-order chi connectivity index (χ0) is 30.6. The lowest BCUT2D eigenvalue weighted by Gasteiger charge is -2.19. The summed E-state index contributed by atoms with van der Waals surface area (Å²) in [6, 6.07) is 25.8. The van der Waals surface area contributed by atoms with Gasteiger partial charge in [-0.25, -0.2) is 4.39 Å². The van der Waals surface area contributed by atoms with Gasteiger partial charge in [0.1, 0.15) is 17.7 Å². The average molecular weight is 615 g/mol. The molecule has 4 aromatic carbocycles. The van der Waals surface area contributed by atoms with Crippen molar-refractivity contribution in [2.45, 2.75) is 38.2 Å². The number of fused-ring (bicyclic) bond motifs is 1. The molecule has 0 spiro atoms. The molecule has 0 amide bonds. The Labute approximate surface area is 260 Å². The number of ether oxygens (including phenoxy) is 1. The minimum Gasteiger partial charge on any atom is -0.489 e. The van der Waals surface area contributed by atoms with Gasteiger partial charge in [-0.2, -0.15) is 0 Å². The molecular formula is C36H33ClF2N2O3. The van der Waals surface area contributed by atoms with Crippen molar-refractivity contribution < 1.29 is 18.4 Å². The largest absolute Gasteiger partial charge is 0.489 e. The van der Waals surface area contributed by atoms with Crippen molar-refractivity contribution in [3.8, 4) is 16.9 Å². The summed E-state index contributed by atoms with van der Waals surface area (Å²) < 4.78 is 33.6. The molecule has 2 aliphatic rings. The Morgan fingerprint density at radius 3 is 2.50 bits per heavy atom. The van der Waals surface area contributed by atoms with E-state index >= 15 is 0 Å². The summed E-state index contributed by atoms with van der Waals surface area (Å²) in [7, 11) is 0. The third-order valence-corrected chi connectivity index (χ3v) is 8.88. The van der Waals surface area contributed by atoms with Gasteiger partial charge < -0.3 is 4.74 Å². The smallest absolute Gasteiger partial charge is 0.270 e. The van der Waals surface area contributed by atoms with E-state index in [9.17, 15) is 18.9 Å². The standard InChI is InChI=1S/C36H33ClF2N2O3/c37-36-33(9-3-10-34(36)39)32-8-2-6-27-21-26(25-5-1-7-28(22-25)41(42)43)13-16-31(27)35(32)24-11-14-29(15-12-24)44-30-17-20-40(23-30)19-4-18-38/h1,3,5,7,9-16,21-22,30H,2,4,6,8,17-20,23H2. The van der Waals surface area contributed by atoms with E-state index < -0.39 is 5.82 Å². The maximum absolute atomic E-state index is 14.7. The number of benzene rings is 4. The third kappa shape index (κ3) is 6.40. The summed E-state index contributed by atoms with van der Waals surface area (Å²) in [6.07, 6.45) is 3.84. The number of aryl methyl sites for hydroxylation is 1. The van der Waals surface area contributed by atoms with Gasteiger partial charge in [0.05, 0.1) is 16.6 Å². The lowest BCUT2D eigenvalue weighted by molar-refractivity contribution is -0.384. The minimum atomic E-state index is -0.456. The molecule has 1 saturated heterocycles. The Morgan fingerprint density at radius 2 is 1.70 bits per heavy atom. The van der Waals surface area contributed by atoms with Crippen LogP contribution in [0.1, 0.15) is 47.9 Å². The molecule has 8 heteroatoms. The number of alkyl halides is 1. The van der Waals surface area contributed by atoms with Gasteiger partial charge in [0.25, 0.3) is 5.69 Å². The molecule has 0 bridgehead atoms. The highest BCUT2D eigenvalue weighted by molar-refractivity contribution is 6.33. The van der Waals surface area contributed by atoms with Crippen LogP contribution in [0.5, 0.6) is 5.75 Å². The lowest BCUT2D eigenvalue weighted by Crippen LogP contribution is -2.26. The Balaban J connectivity index is 1.38. The number of nitrogens with zero attached hydrogens (tertiary/aromatic N) is 2. The molecule has 44 heavy (non-hydrogen) atoms. The molecule has 226 valence electrons. The molecule has 0 radical (unpaired) electrons. The van der Waals surface area contributed by atoms with Crippen LogP contribution in [0.4, 0.5) is 14.5 Å². The van der Waals surface area contributed by atoms with E-state index in [2.05, 4.69) is 17.0 Å². The number of allylic oxidation sites excluding steroid dienone is 1. The van der Waals surface area contributed by atoms with Crippen LogP contribution in [0.25, 0.3) is 22.3 Å². The molecule has 1 atom stereocenters. The minimum absolute atomic E-state index is 0.0495. The first-order valence-corrected chi connectivity index (χ1v) is 15.4. The van der Waals surface area contributed by atoms with Crippen LogP contribution in [0.3, 0.4) is 0 Å². The van der Waals surface area contributed by atoms with Gasteiger partial charge in [-0.1, -0.05) is 66.2 Å². The summed E-state index contributed by atoms with van der Waals surface area (Å²) >= 11 is 6.56. The molecular weight excluding hydrogens is 582 g/mol. The van der Waals surface area contributed by atoms with Crippen molar-refractivity contribution >= 4 is 28.4 Å². The highest BCUT2D eigenvalue weighted by Crippen LogP contribution is 2.43. The first kappa shape index (κ1) is 30.0. The molecule has 1 unspecified atom stereocenters. The van der Waals surface area contributed by atoms with Crippen LogP contribution >= 0.6 is 11.6 Å². The van der Waals surface area contributed by atoms with Gasteiger partial charge in [0, 0.05) is 31.8 Å². The van der Waals surface area contributed by atoms with E-state index in [1.54, 1.807) is 18.2 Å². The fourth-order valence-corrected chi connectivity index (χ4v) is 6.61. The van der Waals surface area contributed by atoms with E-state index in [0.717, 1.165) is 83.6 Å². The van der Waals surface area contributed by atoms with Crippen LogP contribution < -0.4 is 4.74 Å². The van der Waals surface area contributed by atoms with E-state index in [4.69, 9.17) is 16.3 Å². The first-order chi connectivity index (χ1) is 21.4. The highest BCUT2D eigenvalue weighted by Gasteiger charge is 2.25. The van der Waals surface area contributed by atoms with Gasteiger partial charge in [-0.05, 0) is 94.8 Å². The number of nitro benzene ring substituents is 1. The quantitative estimate of drug-likeness (QED) is 0.139. The molecule has 4 aromatic rings. The Bertz CT molecular complexity index is 1710. The topological polar surface area (TPSA) is 55.6 Å². The van der Waals surface area contributed by atoms with Gasteiger partial charge >= 0.3 is 0 Å². The van der Waals surface area contributed by atoms with E-state index in [-0.39, 0.29) is 28.4 Å². The number of rotatable bonds is 9. The van der Waals surface area contributed by atoms with Crippen LogP contribution in [0.2, 0.25) is 5.02 Å². The van der Waals surface area contributed by atoms with Crippen molar-refractivity contribution in [1.29, 1.82) is 0 Å². The lowest BCUT2D eigenvalue weighted by atomic mass is 9.86. The average Bonchev–Trinajstić information content (AvgIpc) is 3.40. The van der Waals surface area contributed by atoms with E-state index in [0.29, 0.717) is 18.4 Å². The van der Waals surface area contributed by atoms with Gasteiger partial charge in [-0.3, -0.25) is 19.4 Å². The summed E-state index contributed by atoms with van der Waals surface area (Å²) in [4.78, 5) is 13.3. The Kier molecular flexibility index (Phi) is 9.05. The molecule has 1 fully saturated rings. The molecule has 0 N–H and O–H groups in total. The van der Waals surface area contributed by atoms with Crippen molar-refractivity contribution in [2.24, 2.45) is 0 Å². The number of hydrogen-bond acceptors (Lipinski definition) is 4. The predicted octanol–water partition coefficient (Wildman–Crippen LogP) is 9.16. The maximum Gasteiger partial charge on any atom is 0.270 e. The third-order valence-electron chi connectivity index (χ3n) is 8.50. The maximum atomic E-state index is 14.7. The second-order valence-corrected chi connectivity index (χ2v) is 11.8. The van der Waals surface area contributed by atoms with Crippen LogP contribution in [-0.4, -0.2) is 42.2 Å². The SMILES string of the molecule is O=[N+]([O-])c1cccc(-c2ccc3c(c2)CCCC(c2cccc(F)c2Cl)=C3c2ccc(OC3CCN(CCCF)C3)cc2)c1. The van der Waals surface area contributed by atoms with Gasteiger partial charge in [0.2, 0.25) is 0 Å². The molecule has 0 saturated carbocycles. The van der Waals surface area contributed by atoms with Crippen molar-refractivity contribution in [3.63, 3.8) is 0 Å². The first-order valence-electron chi connectivity index (χ1n) is 15.0. The molecule has 1 aliphatic heterocycles. The van der Waals surface area contributed by atoms with Crippen LogP contribution in [0.15, 0.2) is 84.9 Å². The summed E-state index contributed by atoms with van der Waals surface area (Å²) in [5.74, 6) is 0.314. The van der Waals surface area contributed by atoms with Crippen molar-refractivity contribution in [3.05, 3.63) is 128 Å².